The molecule has 0 unspecified atom stereocenters. The number of nitrogens with two attached hydrogens (primary N) is 1. The molecule has 0 heterocycles. The normalized spacial score (nSPS) is 10.2. The van der Waals surface area contributed by atoms with Crippen molar-refractivity contribution in [3.8, 4) is 0 Å². The van der Waals surface area contributed by atoms with Crippen LogP contribution in [0.4, 0.5) is 11.4 Å². The summed E-state index contributed by atoms with van der Waals surface area (Å²) in [6.07, 6.45) is 2.12. The van der Waals surface area contributed by atoms with Crippen LogP contribution in [0.5, 0.6) is 0 Å². The van der Waals surface area contributed by atoms with Crippen molar-refractivity contribution in [2.75, 3.05) is 17.6 Å². The van der Waals surface area contributed by atoms with Crippen molar-refractivity contribution in [1.29, 1.82) is 0 Å². The van der Waals surface area contributed by atoms with E-state index in [0.29, 0.717) is 29.9 Å². The van der Waals surface area contributed by atoms with E-state index in [2.05, 4.69) is 10.6 Å². The fraction of sp³-hybridized carbons (Fsp3) is 0.263. The van der Waals surface area contributed by atoms with Crippen molar-refractivity contribution in [1.82, 2.24) is 5.32 Å². The lowest BCUT2D eigenvalue weighted by molar-refractivity contribution is -0.121. The first-order valence-electron chi connectivity index (χ1n) is 8.11. The average molecular weight is 325 g/mol. The molecule has 0 aliphatic rings. The van der Waals surface area contributed by atoms with Gasteiger partial charge in [0.25, 0.3) is 5.91 Å². The highest BCUT2D eigenvalue weighted by molar-refractivity contribution is 6.05. The second-order valence-electron chi connectivity index (χ2n) is 5.55. The Morgan fingerprint density at radius 2 is 1.75 bits per heavy atom. The van der Waals surface area contributed by atoms with Crippen molar-refractivity contribution in [2.24, 2.45) is 0 Å². The minimum absolute atomic E-state index is 0.0777. The fourth-order valence-corrected chi connectivity index (χ4v) is 2.37. The Labute approximate surface area is 142 Å². The third-order valence-electron chi connectivity index (χ3n) is 3.67. The summed E-state index contributed by atoms with van der Waals surface area (Å²) in [5.74, 6) is -0.115. The van der Waals surface area contributed by atoms with Crippen molar-refractivity contribution < 1.29 is 9.59 Å². The van der Waals surface area contributed by atoms with E-state index in [0.717, 1.165) is 18.4 Å². The Bertz CT molecular complexity index is 696. The first-order chi connectivity index (χ1) is 11.6. The number of para-hydroxylation sites is 2. The summed E-state index contributed by atoms with van der Waals surface area (Å²) in [7, 11) is 0. The van der Waals surface area contributed by atoms with Gasteiger partial charge < -0.3 is 16.4 Å². The number of nitrogens with one attached hydrogen (secondary N) is 2. The van der Waals surface area contributed by atoms with Crippen LogP contribution in [0.15, 0.2) is 48.5 Å². The standard InChI is InChI=1S/C19H23N3O2/c1-2-21-18(23)9-5-6-14-10-12-15(13-11-14)19(24)22-17-8-4-3-7-16(17)20/h3-4,7-8,10-13H,2,5-6,9,20H2,1H3,(H,21,23)(H,22,24). The molecule has 2 rings (SSSR count). The highest BCUT2D eigenvalue weighted by Crippen LogP contribution is 2.18. The van der Waals surface area contributed by atoms with Gasteiger partial charge in [-0.25, -0.2) is 0 Å². The lowest BCUT2D eigenvalue weighted by atomic mass is 10.1. The predicted octanol–water partition coefficient (Wildman–Crippen LogP) is 2.98. The molecule has 5 heteroatoms. The monoisotopic (exact) mass is 325 g/mol. The van der Waals surface area contributed by atoms with Gasteiger partial charge in [-0.05, 0) is 49.6 Å². The van der Waals surface area contributed by atoms with Crippen LogP contribution in [0.2, 0.25) is 0 Å². The number of benzene rings is 2. The van der Waals surface area contributed by atoms with E-state index in [1.807, 2.05) is 31.2 Å². The summed E-state index contributed by atoms with van der Waals surface area (Å²) in [6.45, 7) is 2.57. The average Bonchev–Trinajstić information content (AvgIpc) is 2.58. The number of aryl methyl sites for hydroxylation is 1. The zero-order valence-corrected chi connectivity index (χ0v) is 13.8. The van der Waals surface area contributed by atoms with E-state index in [-0.39, 0.29) is 11.8 Å². The van der Waals surface area contributed by atoms with Crippen molar-refractivity contribution in [3.63, 3.8) is 0 Å². The van der Waals surface area contributed by atoms with Gasteiger partial charge in [0.15, 0.2) is 0 Å². The van der Waals surface area contributed by atoms with E-state index in [1.165, 1.54) is 0 Å². The van der Waals surface area contributed by atoms with Gasteiger partial charge in [0.2, 0.25) is 5.91 Å². The van der Waals surface area contributed by atoms with Crippen LogP contribution in [-0.2, 0) is 11.2 Å². The van der Waals surface area contributed by atoms with Gasteiger partial charge in [-0.15, -0.1) is 0 Å². The molecule has 2 aromatic rings. The molecule has 2 aromatic carbocycles. The number of carbonyl (C=O) groups is 2. The quantitative estimate of drug-likeness (QED) is 0.684. The zero-order valence-electron chi connectivity index (χ0n) is 13.8. The van der Waals surface area contributed by atoms with Crippen LogP contribution in [-0.4, -0.2) is 18.4 Å². The first-order valence-corrected chi connectivity index (χ1v) is 8.11. The van der Waals surface area contributed by atoms with Gasteiger partial charge in [-0.3, -0.25) is 9.59 Å². The Morgan fingerprint density at radius 3 is 2.42 bits per heavy atom. The lowest BCUT2D eigenvalue weighted by Crippen LogP contribution is -2.22. The van der Waals surface area contributed by atoms with Crippen LogP contribution in [0.25, 0.3) is 0 Å². The molecule has 0 saturated carbocycles. The van der Waals surface area contributed by atoms with Crippen LogP contribution in [0, 0.1) is 0 Å². The predicted molar refractivity (Wildman–Crippen MR) is 96.9 cm³/mol. The summed E-state index contributed by atoms with van der Waals surface area (Å²) in [6, 6.07) is 14.6. The molecule has 0 bridgehead atoms. The molecule has 4 N–H and O–H groups in total. The second kappa shape index (κ2) is 8.72. The van der Waals surface area contributed by atoms with Crippen LogP contribution >= 0.6 is 0 Å². The van der Waals surface area contributed by atoms with E-state index in [9.17, 15) is 9.59 Å². The van der Waals surface area contributed by atoms with E-state index >= 15 is 0 Å². The Balaban J connectivity index is 1.88. The van der Waals surface area contributed by atoms with Crippen LogP contribution in [0.3, 0.4) is 0 Å². The van der Waals surface area contributed by atoms with Crippen LogP contribution in [0.1, 0.15) is 35.7 Å². The molecule has 0 fully saturated rings. The van der Waals surface area contributed by atoms with Gasteiger partial charge in [-0.2, -0.15) is 0 Å². The van der Waals surface area contributed by atoms with E-state index < -0.39 is 0 Å². The maximum atomic E-state index is 12.2. The van der Waals surface area contributed by atoms with Gasteiger partial charge >= 0.3 is 0 Å². The topological polar surface area (TPSA) is 84.2 Å². The molecular weight excluding hydrogens is 302 g/mol. The fourth-order valence-electron chi connectivity index (χ4n) is 2.37. The molecule has 126 valence electrons. The first kappa shape index (κ1) is 17.5. The molecule has 0 aromatic heterocycles. The minimum atomic E-state index is -0.193. The van der Waals surface area contributed by atoms with Crippen molar-refractivity contribution >= 4 is 23.2 Å². The number of anilines is 2. The smallest absolute Gasteiger partial charge is 0.255 e. The summed E-state index contributed by atoms with van der Waals surface area (Å²) in [5, 5.41) is 5.58. The lowest BCUT2D eigenvalue weighted by Gasteiger charge is -2.08. The molecule has 0 aliphatic heterocycles. The van der Waals surface area contributed by atoms with E-state index in [4.69, 9.17) is 5.73 Å². The molecule has 0 atom stereocenters. The van der Waals surface area contributed by atoms with Gasteiger partial charge in [-0.1, -0.05) is 24.3 Å². The molecule has 5 nitrogen and oxygen atoms in total. The second-order valence-corrected chi connectivity index (χ2v) is 5.55. The van der Waals surface area contributed by atoms with Gasteiger partial charge in [0, 0.05) is 18.5 Å². The molecule has 0 radical (unpaired) electrons. The molecule has 24 heavy (non-hydrogen) atoms. The number of carbonyl (C=O) groups excluding carboxylic acids is 2. The molecule has 0 aliphatic carbocycles. The summed E-state index contributed by atoms with van der Waals surface area (Å²) in [4.78, 5) is 23.6. The van der Waals surface area contributed by atoms with Crippen LogP contribution < -0.4 is 16.4 Å². The highest BCUT2D eigenvalue weighted by atomic mass is 16.2. The molecule has 2 amide bonds. The molecular formula is C19H23N3O2. The third kappa shape index (κ3) is 5.12. The number of nitrogen functional groups attached to an aromatic ring is 1. The maximum Gasteiger partial charge on any atom is 0.255 e. The third-order valence-corrected chi connectivity index (χ3v) is 3.67. The number of rotatable bonds is 7. The van der Waals surface area contributed by atoms with E-state index in [1.54, 1.807) is 24.3 Å². The van der Waals surface area contributed by atoms with Crippen molar-refractivity contribution in [3.05, 3.63) is 59.7 Å². The number of hydrogen-bond acceptors (Lipinski definition) is 3. The molecule has 0 saturated heterocycles. The van der Waals surface area contributed by atoms with Crippen molar-refractivity contribution in [2.45, 2.75) is 26.2 Å². The summed E-state index contributed by atoms with van der Waals surface area (Å²) in [5.41, 5.74) is 8.65. The Morgan fingerprint density at radius 1 is 1.04 bits per heavy atom. The van der Waals surface area contributed by atoms with Gasteiger partial charge in [0.1, 0.15) is 0 Å². The Kier molecular flexibility index (Phi) is 6.37. The highest BCUT2D eigenvalue weighted by Gasteiger charge is 2.08. The largest absolute Gasteiger partial charge is 0.397 e. The number of hydrogen-bond donors (Lipinski definition) is 3. The summed E-state index contributed by atoms with van der Waals surface area (Å²) < 4.78 is 0. The molecule has 0 spiro atoms. The number of amides is 2. The SMILES string of the molecule is CCNC(=O)CCCc1ccc(C(=O)Nc2ccccc2N)cc1. The van der Waals surface area contributed by atoms with Gasteiger partial charge in [0.05, 0.1) is 11.4 Å². The minimum Gasteiger partial charge on any atom is -0.397 e. The summed E-state index contributed by atoms with van der Waals surface area (Å²) >= 11 is 0. The zero-order chi connectivity index (χ0) is 17.4. The Hall–Kier alpha value is -2.82. The maximum absolute atomic E-state index is 12.2.